The third-order valence-electron chi connectivity index (χ3n) is 4.88. The van der Waals surface area contributed by atoms with E-state index in [-0.39, 0.29) is 30.7 Å². The van der Waals surface area contributed by atoms with E-state index < -0.39 is 0 Å². The second-order valence-electron chi connectivity index (χ2n) is 7.18. The fraction of sp³-hybridized carbons (Fsp3) is 0.348. The number of carbonyl (C=O) groups is 3. The SMILES string of the molecule is COCCOc1ccc(CNC(=O)CCCN2C(=O)c3ccc(C)cc3C2=O)cc1. The van der Waals surface area contributed by atoms with Crippen molar-refractivity contribution in [1.29, 1.82) is 0 Å². The molecule has 1 aliphatic heterocycles. The number of hydrogen-bond acceptors (Lipinski definition) is 5. The minimum absolute atomic E-state index is 0.122. The van der Waals surface area contributed by atoms with E-state index in [1.165, 1.54) is 4.90 Å². The molecule has 0 fully saturated rings. The van der Waals surface area contributed by atoms with E-state index in [9.17, 15) is 14.4 Å². The summed E-state index contributed by atoms with van der Waals surface area (Å²) in [6, 6.07) is 12.7. The number of ether oxygens (including phenoxy) is 2. The summed E-state index contributed by atoms with van der Waals surface area (Å²) in [4.78, 5) is 38.2. The van der Waals surface area contributed by atoms with E-state index >= 15 is 0 Å². The van der Waals surface area contributed by atoms with Gasteiger partial charge in [-0.05, 0) is 43.2 Å². The third kappa shape index (κ3) is 5.24. The number of nitrogens with zero attached hydrogens (tertiary/aromatic N) is 1. The summed E-state index contributed by atoms with van der Waals surface area (Å²) >= 11 is 0. The molecule has 1 heterocycles. The molecule has 2 aromatic carbocycles. The van der Waals surface area contributed by atoms with Gasteiger partial charge in [0.25, 0.3) is 11.8 Å². The molecule has 1 N–H and O–H groups in total. The molecular weight excluding hydrogens is 384 g/mol. The second kappa shape index (κ2) is 10.0. The van der Waals surface area contributed by atoms with E-state index in [1.807, 2.05) is 37.3 Å². The highest BCUT2D eigenvalue weighted by atomic mass is 16.5. The van der Waals surface area contributed by atoms with Crippen molar-refractivity contribution in [3.63, 3.8) is 0 Å². The summed E-state index contributed by atoms with van der Waals surface area (Å²) in [5.41, 5.74) is 2.77. The number of benzene rings is 2. The van der Waals surface area contributed by atoms with Gasteiger partial charge in [-0.25, -0.2) is 0 Å². The number of imide groups is 1. The largest absolute Gasteiger partial charge is 0.491 e. The average Bonchev–Trinajstić information content (AvgIpc) is 2.97. The number of hydrogen-bond donors (Lipinski definition) is 1. The van der Waals surface area contributed by atoms with Crippen LogP contribution in [0.5, 0.6) is 5.75 Å². The molecule has 7 nitrogen and oxygen atoms in total. The molecule has 30 heavy (non-hydrogen) atoms. The van der Waals surface area contributed by atoms with Gasteiger partial charge in [-0.3, -0.25) is 19.3 Å². The Kier molecular flexibility index (Phi) is 7.19. The zero-order valence-corrected chi connectivity index (χ0v) is 17.3. The van der Waals surface area contributed by atoms with Crippen LogP contribution < -0.4 is 10.1 Å². The lowest BCUT2D eigenvalue weighted by atomic mass is 10.1. The van der Waals surface area contributed by atoms with E-state index in [4.69, 9.17) is 9.47 Å². The zero-order chi connectivity index (χ0) is 21.5. The standard InChI is InChI=1S/C23H26N2O5/c1-16-5-10-19-20(14-16)23(28)25(22(19)27)11-3-4-21(26)24-15-17-6-8-18(9-7-17)30-13-12-29-2/h5-10,14H,3-4,11-13,15H2,1-2H3,(H,24,26). The molecule has 3 amide bonds. The van der Waals surface area contributed by atoms with Crippen LogP contribution in [-0.2, 0) is 16.1 Å². The molecule has 0 saturated carbocycles. The number of rotatable bonds is 10. The molecule has 0 aliphatic carbocycles. The van der Waals surface area contributed by atoms with Crippen molar-refractivity contribution in [2.75, 3.05) is 26.9 Å². The van der Waals surface area contributed by atoms with E-state index in [0.717, 1.165) is 16.9 Å². The summed E-state index contributed by atoms with van der Waals surface area (Å²) in [5.74, 6) is 0.0521. The smallest absolute Gasteiger partial charge is 0.261 e. The van der Waals surface area contributed by atoms with Crippen LogP contribution in [0.15, 0.2) is 42.5 Å². The highest BCUT2D eigenvalue weighted by Gasteiger charge is 2.34. The first kappa shape index (κ1) is 21.5. The van der Waals surface area contributed by atoms with Crippen molar-refractivity contribution in [1.82, 2.24) is 10.2 Å². The van der Waals surface area contributed by atoms with E-state index in [1.54, 1.807) is 19.2 Å². The normalized spacial score (nSPS) is 12.8. The first-order chi connectivity index (χ1) is 14.5. The van der Waals surface area contributed by atoms with Crippen LogP contribution >= 0.6 is 0 Å². The molecule has 1 aliphatic rings. The molecule has 0 saturated heterocycles. The maximum Gasteiger partial charge on any atom is 0.261 e. The molecular formula is C23H26N2O5. The number of nitrogens with one attached hydrogen (secondary N) is 1. The predicted molar refractivity (Wildman–Crippen MR) is 111 cm³/mol. The minimum atomic E-state index is -0.289. The first-order valence-corrected chi connectivity index (χ1v) is 9.94. The maximum atomic E-state index is 12.4. The van der Waals surface area contributed by atoms with Gasteiger partial charge in [-0.1, -0.05) is 23.8 Å². The summed E-state index contributed by atoms with van der Waals surface area (Å²) in [6.07, 6.45) is 0.660. The molecule has 0 spiro atoms. The van der Waals surface area contributed by atoms with Gasteiger partial charge in [-0.2, -0.15) is 0 Å². The number of carbonyl (C=O) groups excluding carboxylic acids is 3. The van der Waals surface area contributed by atoms with Crippen LogP contribution in [0.3, 0.4) is 0 Å². The molecule has 7 heteroatoms. The Labute approximate surface area is 176 Å². The highest BCUT2D eigenvalue weighted by molar-refractivity contribution is 6.21. The highest BCUT2D eigenvalue weighted by Crippen LogP contribution is 2.24. The van der Waals surface area contributed by atoms with Crippen LogP contribution in [0.25, 0.3) is 0 Å². The van der Waals surface area contributed by atoms with Gasteiger partial charge >= 0.3 is 0 Å². The lowest BCUT2D eigenvalue weighted by molar-refractivity contribution is -0.121. The lowest BCUT2D eigenvalue weighted by Crippen LogP contribution is -2.32. The molecule has 0 bridgehead atoms. The van der Waals surface area contributed by atoms with Crippen molar-refractivity contribution in [3.05, 3.63) is 64.7 Å². The summed E-state index contributed by atoms with van der Waals surface area (Å²) in [6.45, 7) is 3.53. The lowest BCUT2D eigenvalue weighted by Gasteiger charge is -2.13. The van der Waals surface area contributed by atoms with Crippen LogP contribution in [0.2, 0.25) is 0 Å². The Morgan fingerprint density at radius 3 is 2.47 bits per heavy atom. The van der Waals surface area contributed by atoms with Gasteiger partial charge in [0.1, 0.15) is 12.4 Å². The van der Waals surface area contributed by atoms with Crippen molar-refractivity contribution in [2.45, 2.75) is 26.3 Å². The Hall–Kier alpha value is -3.19. The summed E-state index contributed by atoms with van der Waals surface area (Å²) in [5, 5.41) is 2.86. The van der Waals surface area contributed by atoms with E-state index in [2.05, 4.69) is 5.32 Å². The fourth-order valence-corrected chi connectivity index (χ4v) is 3.24. The van der Waals surface area contributed by atoms with Crippen LogP contribution in [0, 0.1) is 6.92 Å². The summed E-state index contributed by atoms with van der Waals surface area (Å²) in [7, 11) is 1.62. The minimum Gasteiger partial charge on any atom is -0.491 e. The van der Waals surface area contributed by atoms with E-state index in [0.29, 0.717) is 37.3 Å². The van der Waals surface area contributed by atoms with Crippen LogP contribution in [0.1, 0.15) is 44.7 Å². The van der Waals surface area contributed by atoms with Gasteiger partial charge in [0.15, 0.2) is 0 Å². The molecule has 0 aromatic heterocycles. The summed E-state index contributed by atoms with van der Waals surface area (Å²) < 4.78 is 10.4. The molecule has 0 radical (unpaired) electrons. The van der Waals surface area contributed by atoms with Crippen LogP contribution in [0.4, 0.5) is 0 Å². The average molecular weight is 410 g/mol. The van der Waals surface area contributed by atoms with Crippen molar-refractivity contribution < 1.29 is 23.9 Å². The second-order valence-corrected chi connectivity index (χ2v) is 7.18. The molecule has 158 valence electrons. The Balaban J connectivity index is 1.40. The maximum absolute atomic E-state index is 12.4. The van der Waals surface area contributed by atoms with Crippen molar-refractivity contribution in [3.8, 4) is 5.75 Å². The van der Waals surface area contributed by atoms with Gasteiger partial charge in [0.2, 0.25) is 5.91 Å². The molecule has 0 atom stereocenters. The molecule has 0 unspecified atom stereocenters. The topological polar surface area (TPSA) is 84.9 Å². The van der Waals surface area contributed by atoms with Crippen molar-refractivity contribution in [2.24, 2.45) is 0 Å². The quantitative estimate of drug-likeness (QED) is 0.481. The Morgan fingerprint density at radius 2 is 1.73 bits per heavy atom. The Morgan fingerprint density at radius 1 is 1.00 bits per heavy atom. The van der Waals surface area contributed by atoms with Gasteiger partial charge in [-0.15, -0.1) is 0 Å². The van der Waals surface area contributed by atoms with Gasteiger partial charge in [0.05, 0.1) is 17.7 Å². The molecule has 3 rings (SSSR count). The number of aryl methyl sites for hydroxylation is 1. The predicted octanol–water partition coefficient (Wildman–Crippen LogP) is 2.71. The number of amides is 3. The van der Waals surface area contributed by atoms with Gasteiger partial charge < -0.3 is 14.8 Å². The monoisotopic (exact) mass is 410 g/mol. The first-order valence-electron chi connectivity index (χ1n) is 9.94. The molecule has 2 aromatic rings. The van der Waals surface area contributed by atoms with Gasteiger partial charge in [0, 0.05) is 26.6 Å². The Bertz CT molecular complexity index is 924. The number of fused-ring (bicyclic) bond motifs is 1. The number of methoxy groups -OCH3 is 1. The van der Waals surface area contributed by atoms with Crippen molar-refractivity contribution >= 4 is 17.7 Å². The van der Waals surface area contributed by atoms with Crippen LogP contribution in [-0.4, -0.2) is 49.5 Å². The third-order valence-corrected chi connectivity index (χ3v) is 4.88. The fourth-order valence-electron chi connectivity index (χ4n) is 3.24. The zero-order valence-electron chi connectivity index (χ0n) is 17.3.